The molecule has 1 aromatic rings. The number of primary amides is 1. The highest BCUT2D eigenvalue weighted by atomic mass is 32.2. The minimum atomic E-state index is -3.91. The van der Waals surface area contributed by atoms with Crippen LogP contribution in [0.3, 0.4) is 0 Å². The number of sulfone groups is 1. The molecule has 0 saturated heterocycles. The van der Waals surface area contributed by atoms with Gasteiger partial charge < -0.3 is 11.5 Å². The van der Waals surface area contributed by atoms with Gasteiger partial charge in [0, 0.05) is 5.69 Å². The van der Waals surface area contributed by atoms with E-state index in [1.807, 2.05) is 0 Å². The summed E-state index contributed by atoms with van der Waals surface area (Å²) in [5.74, 6) is -0.969. The van der Waals surface area contributed by atoms with Crippen LogP contribution in [0.4, 0.5) is 10.5 Å². The van der Waals surface area contributed by atoms with Crippen molar-refractivity contribution in [2.24, 2.45) is 5.73 Å². The highest BCUT2D eigenvalue weighted by molar-refractivity contribution is 7.92. The Labute approximate surface area is 110 Å². The lowest BCUT2D eigenvalue weighted by atomic mass is 10.2. The molecular formula is C11H15N3O4S. The zero-order valence-electron chi connectivity index (χ0n) is 10.5. The highest BCUT2D eigenvalue weighted by Gasteiger charge is 2.31. The standard InChI is InChI=1S/C11H15N3O4S/c1-6-5-8(12)3-4-9(6)19(17,18)7(2)10(15)14-11(13)16/h3-5,7H,12H2,1-2H3,(H3,13,14,15,16). The van der Waals surface area contributed by atoms with Gasteiger partial charge in [-0.15, -0.1) is 0 Å². The Morgan fingerprint density at radius 2 is 1.89 bits per heavy atom. The minimum absolute atomic E-state index is 0.00572. The van der Waals surface area contributed by atoms with Crippen molar-refractivity contribution in [2.45, 2.75) is 24.0 Å². The van der Waals surface area contributed by atoms with Crippen LogP contribution in [0.1, 0.15) is 12.5 Å². The highest BCUT2D eigenvalue weighted by Crippen LogP contribution is 2.22. The first-order valence-corrected chi connectivity index (χ1v) is 6.91. The summed E-state index contributed by atoms with van der Waals surface area (Å²) in [6, 6.07) is 3.15. The first-order chi connectivity index (χ1) is 8.66. The van der Waals surface area contributed by atoms with E-state index in [-0.39, 0.29) is 4.90 Å². The average Bonchev–Trinajstić information content (AvgIpc) is 2.26. The molecule has 0 aromatic heterocycles. The van der Waals surface area contributed by atoms with E-state index in [1.165, 1.54) is 25.1 Å². The lowest BCUT2D eigenvalue weighted by molar-refractivity contribution is -0.119. The van der Waals surface area contributed by atoms with Gasteiger partial charge in [-0.2, -0.15) is 0 Å². The molecule has 0 aliphatic heterocycles. The number of urea groups is 1. The molecule has 0 aliphatic carbocycles. The zero-order chi connectivity index (χ0) is 14.8. The Kier molecular flexibility index (Phi) is 4.15. The summed E-state index contributed by atoms with van der Waals surface area (Å²) < 4.78 is 24.5. The van der Waals surface area contributed by atoms with Crippen molar-refractivity contribution in [1.29, 1.82) is 0 Å². The third-order valence-electron chi connectivity index (χ3n) is 2.59. The van der Waals surface area contributed by atoms with E-state index in [0.29, 0.717) is 11.3 Å². The van der Waals surface area contributed by atoms with Crippen LogP contribution in [0, 0.1) is 6.92 Å². The largest absolute Gasteiger partial charge is 0.399 e. The van der Waals surface area contributed by atoms with E-state index in [4.69, 9.17) is 11.5 Å². The number of nitrogens with one attached hydrogen (secondary N) is 1. The van der Waals surface area contributed by atoms with Gasteiger partial charge in [0.15, 0.2) is 9.84 Å². The van der Waals surface area contributed by atoms with Crippen molar-refractivity contribution in [1.82, 2.24) is 5.32 Å². The Bertz CT molecular complexity index is 625. The quantitative estimate of drug-likeness (QED) is 0.669. The van der Waals surface area contributed by atoms with E-state index >= 15 is 0 Å². The normalized spacial score (nSPS) is 12.7. The second kappa shape index (κ2) is 5.27. The summed E-state index contributed by atoms with van der Waals surface area (Å²) in [7, 11) is -3.91. The molecule has 1 atom stereocenters. The van der Waals surface area contributed by atoms with E-state index in [2.05, 4.69) is 0 Å². The van der Waals surface area contributed by atoms with Crippen LogP contribution >= 0.6 is 0 Å². The van der Waals surface area contributed by atoms with Crippen LogP contribution in [0.2, 0.25) is 0 Å². The molecule has 19 heavy (non-hydrogen) atoms. The van der Waals surface area contributed by atoms with Gasteiger partial charge in [0.1, 0.15) is 5.25 Å². The first kappa shape index (κ1) is 15.0. The van der Waals surface area contributed by atoms with Crippen molar-refractivity contribution >= 4 is 27.5 Å². The van der Waals surface area contributed by atoms with Gasteiger partial charge in [-0.1, -0.05) is 0 Å². The smallest absolute Gasteiger partial charge is 0.318 e. The molecule has 0 fully saturated rings. The Morgan fingerprint density at radius 3 is 2.37 bits per heavy atom. The van der Waals surface area contributed by atoms with Gasteiger partial charge in [-0.05, 0) is 37.6 Å². The molecule has 0 bridgehead atoms. The summed E-state index contributed by atoms with van der Waals surface area (Å²) in [6.45, 7) is 2.76. The second-order valence-corrected chi connectivity index (χ2v) is 6.30. The molecule has 3 amide bonds. The molecule has 1 aromatic carbocycles. The summed E-state index contributed by atoms with van der Waals surface area (Å²) in [5.41, 5.74) is 11.2. The number of anilines is 1. The maximum absolute atomic E-state index is 12.2. The van der Waals surface area contributed by atoms with Crippen molar-refractivity contribution in [2.75, 3.05) is 5.73 Å². The minimum Gasteiger partial charge on any atom is -0.399 e. The summed E-state index contributed by atoms with van der Waals surface area (Å²) >= 11 is 0. The third-order valence-corrected chi connectivity index (χ3v) is 4.80. The van der Waals surface area contributed by atoms with E-state index < -0.39 is 27.0 Å². The predicted molar refractivity (Wildman–Crippen MR) is 70.0 cm³/mol. The molecule has 8 heteroatoms. The van der Waals surface area contributed by atoms with Crippen LogP contribution in [0.25, 0.3) is 0 Å². The number of nitrogen functional groups attached to an aromatic ring is 1. The Balaban J connectivity index is 3.16. The van der Waals surface area contributed by atoms with Gasteiger partial charge in [-0.3, -0.25) is 10.1 Å². The van der Waals surface area contributed by atoms with E-state index in [0.717, 1.165) is 0 Å². The number of hydrogen-bond acceptors (Lipinski definition) is 5. The van der Waals surface area contributed by atoms with Crippen LogP contribution in [0.5, 0.6) is 0 Å². The van der Waals surface area contributed by atoms with Crippen LogP contribution in [-0.4, -0.2) is 25.6 Å². The molecule has 0 spiro atoms. The predicted octanol–water partition coefficient (Wildman–Crippen LogP) is -0.0657. The molecule has 104 valence electrons. The van der Waals surface area contributed by atoms with E-state index in [9.17, 15) is 18.0 Å². The molecule has 0 heterocycles. The lowest BCUT2D eigenvalue weighted by Gasteiger charge is -2.14. The van der Waals surface area contributed by atoms with Crippen molar-refractivity contribution in [3.8, 4) is 0 Å². The molecule has 7 nitrogen and oxygen atoms in total. The number of nitrogens with two attached hydrogens (primary N) is 2. The molecule has 0 saturated carbocycles. The molecule has 1 rings (SSSR count). The number of carbonyl (C=O) groups excluding carboxylic acids is 2. The summed E-state index contributed by atoms with van der Waals surface area (Å²) in [4.78, 5) is 22.1. The average molecular weight is 285 g/mol. The topological polar surface area (TPSA) is 132 Å². The SMILES string of the molecule is Cc1cc(N)ccc1S(=O)(=O)C(C)C(=O)NC(N)=O. The lowest BCUT2D eigenvalue weighted by Crippen LogP contribution is -2.43. The molecule has 1 unspecified atom stereocenters. The first-order valence-electron chi connectivity index (χ1n) is 5.36. The second-order valence-electron chi connectivity index (χ2n) is 4.07. The fourth-order valence-corrected chi connectivity index (χ4v) is 3.03. The van der Waals surface area contributed by atoms with Crippen LogP contribution < -0.4 is 16.8 Å². The van der Waals surface area contributed by atoms with Gasteiger partial charge in [-0.25, -0.2) is 13.2 Å². The molecule has 0 aliphatic rings. The zero-order valence-corrected chi connectivity index (χ0v) is 11.3. The third kappa shape index (κ3) is 3.22. The maximum Gasteiger partial charge on any atom is 0.318 e. The summed E-state index contributed by atoms with van der Waals surface area (Å²) in [6.07, 6.45) is 0. The fourth-order valence-electron chi connectivity index (χ4n) is 1.55. The molecule has 5 N–H and O–H groups in total. The van der Waals surface area contributed by atoms with E-state index in [1.54, 1.807) is 12.2 Å². The molecular weight excluding hydrogens is 270 g/mol. The number of carbonyl (C=O) groups is 2. The van der Waals surface area contributed by atoms with Gasteiger partial charge >= 0.3 is 6.03 Å². The number of benzene rings is 1. The van der Waals surface area contributed by atoms with Gasteiger partial charge in [0.2, 0.25) is 5.91 Å². The number of rotatable bonds is 3. The maximum atomic E-state index is 12.2. The van der Waals surface area contributed by atoms with Crippen molar-refractivity contribution in [3.63, 3.8) is 0 Å². The van der Waals surface area contributed by atoms with Crippen molar-refractivity contribution in [3.05, 3.63) is 23.8 Å². The monoisotopic (exact) mass is 285 g/mol. The number of amides is 3. The van der Waals surface area contributed by atoms with Crippen LogP contribution in [-0.2, 0) is 14.6 Å². The molecule has 0 radical (unpaired) electrons. The Morgan fingerprint density at radius 1 is 1.32 bits per heavy atom. The number of hydrogen-bond donors (Lipinski definition) is 3. The van der Waals surface area contributed by atoms with Gasteiger partial charge in [0.05, 0.1) is 4.90 Å². The van der Waals surface area contributed by atoms with Crippen LogP contribution in [0.15, 0.2) is 23.1 Å². The van der Waals surface area contributed by atoms with Crippen molar-refractivity contribution < 1.29 is 18.0 Å². The van der Waals surface area contributed by atoms with Gasteiger partial charge in [0.25, 0.3) is 0 Å². The number of imide groups is 1. The number of aryl methyl sites for hydroxylation is 1. The Hall–Kier alpha value is -2.09. The fraction of sp³-hybridized carbons (Fsp3) is 0.273. The summed E-state index contributed by atoms with van der Waals surface area (Å²) in [5, 5.41) is 0.317.